The number of ether oxygens (including phenoxy) is 1. The van der Waals surface area contributed by atoms with Gasteiger partial charge in [0.25, 0.3) is 0 Å². The van der Waals surface area contributed by atoms with Crippen molar-refractivity contribution in [1.82, 2.24) is 25.7 Å². The van der Waals surface area contributed by atoms with Gasteiger partial charge in [-0.2, -0.15) is 4.98 Å². The second-order valence-corrected chi connectivity index (χ2v) is 10.3. The molecular formula is C23H31N7O2S. The molecule has 10 heteroatoms. The number of hydrogen-bond donors (Lipinski definition) is 3. The second-order valence-electron chi connectivity index (χ2n) is 9.12. The number of hydrogen-bond acceptors (Lipinski definition) is 9. The molecule has 2 unspecified atom stereocenters. The third kappa shape index (κ3) is 4.21. The zero-order valence-electron chi connectivity index (χ0n) is 19.4. The highest BCUT2D eigenvalue weighted by Crippen LogP contribution is 2.47. The molecule has 1 amide bonds. The van der Waals surface area contributed by atoms with Crippen molar-refractivity contribution in [1.29, 1.82) is 0 Å². The highest BCUT2D eigenvalue weighted by atomic mass is 32.2. The number of anilines is 2. The van der Waals surface area contributed by atoms with Crippen LogP contribution in [0.25, 0.3) is 0 Å². The summed E-state index contributed by atoms with van der Waals surface area (Å²) < 4.78 is 5.57. The van der Waals surface area contributed by atoms with Crippen molar-refractivity contribution >= 4 is 29.4 Å². The topological polar surface area (TPSA) is 118 Å². The van der Waals surface area contributed by atoms with E-state index in [2.05, 4.69) is 25.7 Å². The summed E-state index contributed by atoms with van der Waals surface area (Å²) in [7, 11) is 1.68. The number of carbonyl (C=O) groups is 1. The van der Waals surface area contributed by atoms with Gasteiger partial charge in [0.2, 0.25) is 11.9 Å². The zero-order valence-corrected chi connectivity index (χ0v) is 20.2. The van der Waals surface area contributed by atoms with Gasteiger partial charge in [-0.3, -0.25) is 14.8 Å². The Morgan fingerprint density at radius 2 is 2.09 bits per heavy atom. The Kier molecular flexibility index (Phi) is 6.05. The van der Waals surface area contributed by atoms with Crippen LogP contribution in [0.4, 0.5) is 11.8 Å². The van der Waals surface area contributed by atoms with Gasteiger partial charge in [-0.15, -0.1) is 0 Å². The van der Waals surface area contributed by atoms with Crippen LogP contribution in [0.15, 0.2) is 11.2 Å². The third-order valence-corrected chi connectivity index (χ3v) is 8.05. The smallest absolute Gasteiger partial charge is 0.233 e. The average molecular weight is 470 g/mol. The van der Waals surface area contributed by atoms with Crippen molar-refractivity contribution in [2.24, 2.45) is 0 Å². The first-order valence-corrected chi connectivity index (χ1v) is 12.5. The van der Waals surface area contributed by atoms with E-state index in [1.165, 1.54) is 31.0 Å². The van der Waals surface area contributed by atoms with E-state index in [1.807, 2.05) is 25.1 Å². The number of aromatic nitrogens is 3. The van der Waals surface area contributed by atoms with Crippen molar-refractivity contribution in [3.05, 3.63) is 28.6 Å². The molecular weight excluding hydrogens is 438 g/mol. The predicted molar refractivity (Wildman–Crippen MR) is 128 cm³/mol. The van der Waals surface area contributed by atoms with Crippen molar-refractivity contribution in [2.75, 3.05) is 17.9 Å². The number of rotatable bonds is 5. The van der Waals surface area contributed by atoms with Crippen molar-refractivity contribution in [2.45, 2.75) is 81.3 Å². The molecule has 3 aliphatic rings. The van der Waals surface area contributed by atoms with E-state index in [1.54, 1.807) is 7.11 Å². The fourth-order valence-corrected chi connectivity index (χ4v) is 6.38. The molecule has 0 bridgehead atoms. The van der Waals surface area contributed by atoms with Crippen LogP contribution in [0.5, 0.6) is 5.75 Å². The SMILES string of the molecule is COc1c(C)cnc(CN2NC3CC(C(=O)NC4CCCCC4)Sc4nc(N)nc2c43)c1C. The molecule has 2 aliphatic heterocycles. The molecule has 0 saturated heterocycles. The fourth-order valence-electron chi connectivity index (χ4n) is 5.14. The van der Waals surface area contributed by atoms with Gasteiger partial charge in [0.1, 0.15) is 10.8 Å². The van der Waals surface area contributed by atoms with E-state index in [9.17, 15) is 4.79 Å². The van der Waals surface area contributed by atoms with Gasteiger partial charge < -0.3 is 15.8 Å². The third-order valence-electron chi connectivity index (χ3n) is 6.83. The van der Waals surface area contributed by atoms with Crippen LogP contribution in [0, 0.1) is 13.8 Å². The molecule has 4 heterocycles. The number of thioether (sulfide) groups is 1. The maximum Gasteiger partial charge on any atom is 0.233 e. The Hall–Kier alpha value is -2.59. The lowest BCUT2D eigenvalue weighted by atomic mass is 9.95. The predicted octanol–water partition coefficient (Wildman–Crippen LogP) is 2.96. The van der Waals surface area contributed by atoms with Gasteiger partial charge in [-0.1, -0.05) is 31.0 Å². The van der Waals surface area contributed by atoms with E-state index in [0.29, 0.717) is 13.0 Å². The van der Waals surface area contributed by atoms with Gasteiger partial charge in [0.05, 0.1) is 30.6 Å². The van der Waals surface area contributed by atoms with Gasteiger partial charge in [0.15, 0.2) is 5.82 Å². The van der Waals surface area contributed by atoms with Crippen molar-refractivity contribution < 1.29 is 9.53 Å². The summed E-state index contributed by atoms with van der Waals surface area (Å²) in [5.74, 6) is 1.92. The van der Waals surface area contributed by atoms with Crippen LogP contribution in [-0.4, -0.2) is 39.3 Å². The monoisotopic (exact) mass is 469 g/mol. The number of carbonyl (C=O) groups excluding carboxylic acids is 1. The molecule has 33 heavy (non-hydrogen) atoms. The molecule has 176 valence electrons. The summed E-state index contributed by atoms with van der Waals surface area (Å²) in [6.07, 6.45) is 8.29. The minimum atomic E-state index is -0.210. The normalized spacial score (nSPS) is 22.2. The number of pyridine rings is 1. The first-order valence-electron chi connectivity index (χ1n) is 11.6. The van der Waals surface area contributed by atoms with E-state index in [0.717, 1.165) is 51.8 Å². The van der Waals surface area contributed by atoms with E-state index >= 15 is 0 Å². The summed E-state index contributed by atoms with van der Waals surface area (Å²) in [6, 6.07) is 0.254. The number of methoxy groups -OCH3 is 1. The lowest BCUT2D eigenvalue weighted by Gasteiger charge is -2.29. The summed E-state index contributed by atoms with van der Waals surface area (Å²) in [4.78, 5) is 26.7. The largest absolute Gasteiger partial charge is 0.496 e. The van der Waals surface area contributed by atoms with Crippen LogP contribution in [0.1, 0.15) is 67.0 Å². The van der Waals surface area contributed by atoms with Crippen LogP contribution >= 0.6 is 11.8 Å². The first-order chi connectivity index (χ1) is 15.9. The standard InChI is InChI=1S/C23H31N7O2S/c1-12-10-25-16(13(2)19(12)32-3)11-30-20-18-15(29-30)9-17(33-22(18)28-23(24)27-20)21(31)26-14-7-5-4-6-8-14/h10,14-15,17,29H,4-9,11H2,1-3H3,(H,26,31)(H2,24,27,28). The second kappa shape index (κ2) is 8.98. The molecule has 4 N–H and O–H groups in total. The average Bonchev–Trinajstić information content (AvgIpc) is 3.14. The van der Waals surface area contributed by atoms with E-state index in [-0.39, 0.29) is 29.2 Å². The number of nitrogen functional groups attached to an aromatic ring is 1. The maximum atomic E-state index is 13.1. The van der Waals surface area contributed by atoms with Gasteiger partial charge in [0, 0.05) is 28.9 Å². The van der Waals surface area contributed by atoms with Gasteiger partial charge in [-0.25, -0.2) is 10.4 Å². The Bertz CT molecular complexity index is 1070. The van der Waals surface area contributed by atoms with Gasteiger partial charge >= 0.3 is 0 Å². The van der Waals surface area contributed by atoms with E-state index < -0.39 is 0 Å². The van der Waals surface area contributed by atoms with Crippen LogP contribution in [-0.2, 0) is 11.3 Å². The minimum absolute atomic E-state index is 0.0356. The number of amides is 1. The first kappa shape index (κ1) is 22.2. The molecule has 2 aromatic rings. The number of nitrogens with zero attached hydrogens (tertiary/aromatic N) is 4. The van der Waals surface area contributed by atoms with Crippen LogP contribution < -0.4 is 26.2 Å². The molecule has 2 atom stereocenters. The highest BCUT2D eigenvalue weighted by Gasteiger charge is 2.42. The zero-order chi connectivity index (χ0) is 23.1. The van der Waals surface area contributed by atoms with E-state index in [4.69, 9.17) is 10.5 Å². The highest BCUT2D eigenvalue weighted by molar-refractivity contribution is 8.00. The fraction of sp³-hybridized carbons (Fsp3) is 0.565. The summed E-state index contributed by atoms with van der Waals surface area (Å²) in [5, 5.41) is 5.83. The summed E-state index contributed by atoms with van der Waals surface area (Å²) >= 11 is 1.50. The maximum absolute atomic E-state index is 13.1. The number of hydrazine groups is 1. The Morgan fingerprint density at radius 1 is 1.30 bits per heavy atom. The molecule has 5 rings (SSSR count). The molecule has 0 aromatic carbocycles. The molecule has 1 fully saturated rings. The lowest BCUT2D eigenvalue weighted by molar-refractivity contribution is -0.121. The molecule has 2 aromatic heterocycles. The quantitative estimate of drug-likeness (QED) is 0.568. The van der Waals surface area contributed by atoms with Gasteiger partial charge in [-0.05, 0) is 33.1 Å². The molecule has 1 aliphatic carbocycles. The summed E-state index contributed by atoms with van der Waals surface area (Å²) in [5.41, 5.74) is 13.5. The van der Waals surface area contributed by atoms with Crippen LogP contribution in [0.2, 0.25) is 0 Å². The molecule has 9 nitrogen and oxygen atoms in total. The molecule has 1 saturated carbocycles. The number of nitrogens with one attached hydrogen (secondary N) is 2. The number of aryl methyl sites for hydroxylation is 1. The molecule has 0 radical (unpaired) electrons. The molecule has 0 spiro atoms. The van der Waals surface area contributed by atoms with Crippen molar-refractivity contribution in [3.8, 4) is 5.75 Å². The Balaban J connectivity index is 1.37. The lowest BCUT2D eigenvalue weighted by Crippen LogP contribution is -2.43. The minimum Gasteiger partial charge on any atom is -0.496 e. The Morgan fingerprint density at radius 3 is 2.85 bits per heavy atom. The van der Waals surface area contributed by atoms with Crippen molar-refractivity contribution in [3.63, 3.8) is 0 Å². The summed E-state index contributed by atoms with van der Waals surface area (Å²) in [6.45, 7) is 4.51. The van der Waals surface area contributed by atoms with Crippen LogP contribution in [0.3, 0.4) is 0 Å². The Labute approximate surface area is 198 Å². The number of nitrogens with two attached hydrogens (primary N) is 1.